The molecule has 2 aromatic rings. The van der Waals surface area contributed by atoms with Gasteiger partial charge in [-0.2, -0.15) is 0 Å². The normalized spacial score (nSPS) is 10.5. The van der Waals surface area contributed by atoms with Crippen LogP contribution in [0.2, 0.25) is 0 Å². The first-order chi connectivity index (χ1) is 10.5. The molecule has 0 atom stereocenters. The van der Waals surface area contributed by atoms with E-state index < -0.39 is 18.9 Å². The molecule has 0 aliphatic rings. The van der Waals surface area contributed by atoms with E-state index in [1.165, 1.54) is 6.07 Å². The van der Waals surface area contributed by atoms with E-state index in [1.807, 2.05) is 6.07 Å². The molecule has 3 N–H and O–H groups in total. The summed E-state index contributed by atoms with van der Waals surface area (Å²) in [5, 5.41) is 0. The molecule has 7 heteroatoms. The second-order valence-electron chi connectivity index (χ2n) is 4.43. The molecule has 2 aromatic carbocycles. The first kappa shape index (κ1) is 16.2. The topological polar surface area (TPSA) is 64.4 Å². The summed E-state index contributed by atoms with van der Waals surface area (Å²) in [5.74, 6) is -0.712. The molecule has 1 amide bonds. The number of ether oxygens (including phenoxy) is 1. The minimum Gasteiger partial charge on any atom is -0.486 e. The summed E-state index contributed by atoms with van der Waals surface area (Å²) < 4.78 is 32.8. The average molecular weight is 371 g/mol. The molecule has 2 rings (SSSR count). The molecule has 0 radical (unpaired) electrons. The maximum absolute atomic E-state index is 12.5. The number of primary amides is 1. The molecule has 0 saturated heterocycles. The third kappa shape index (κ3) is 3.73. The minimum atomic E-state index is -2.65. The van der Waals surface area contributed by atoms with Gasteiger partial charge in [0, 0.05) is 27.4 Å². The lowest BCUT2D eigenvalue weighted by molar-refractivity contribution is 0.0804. The van der Waals surface area contributed by atoms with Crippen LogP contribution in [0.4, 0.5) is 14.5 Å². The van der Waals surface area contributed by atoms with Crippen LogP contribution in [0.25, 0.3) is 11.1 Å². The molecule has 0 aliphatic carbocycles. The van der Waals surface area contributed by atoms with Crippen molar-refractivity contribution in [2.45, 2.75) is 6.43 Å². The van der Waals surface area contributed by atoms with Crippen LogP contribution in [0.15, 0.2) is 42.5 Å². The standard InChI is InChI=1S/C15H13BrF2N2O2/c16-20-10-6-11(9-4-2-1-3-5-9)14(22-8-13(17)18)12(7-10)15(19)21/h1-7,13,20H,8H2,(H2,19,21). The number of hydrogen-bond acceptors (Lipinski definition) is 3. The Balaban J connectivity index is 2.61. The van der Waals surface area contributed by atoms with Gasteiger partial charge in [0.1, 0.15) is 12.4 Å². The van der Waals surface area contributed by atoms with E-state index in [9.17, 15) is 13.6 Å². The van der Waals surface area contributed by atoms with Gasteiger partial charge in [-0.3, -0.25) is 4.79 Å². The molecule has 0 heterocycles. The molecular weight excluding hydrogens is 358 g/mol. The molecule has 0 fully saturated rings. The van der Waals surface area contributed by atoms with Crippen LogP contribution in [0, 0.1) is 0 Å². The Labute approximate surface area is 134 Å². The van der Waals surface area contributed by atoms with Crippen LogP contribution in [0.3, 0.4) is 0 Å². The minimum absolute atomic E-state index is 0.0314. The number of carbonyl (C=O) groups is 1. The quantitative estimate of drug-likeness (QED) is 0.759. The van der Waals surface area contributed by atoms with Crippen molar-refractivity contribution in [2.75, 3.05) is 10.9 Å². The van der Waals surface area contributed by atoms with Gasteiger partial charge >= 0.3 is 0 Å². The van der Waals surface area contributed by atoms with E-state index in [0.29, 0.717) is 11.3 Å². The Morgan fingerprint density at radius 3 is 2.50 bits per heavy atom. The lowest BCUT2D eigenvalue weighted by Crippen LogP contribution is -2.16. The van der Waals surface area contributed by atoms with Gasteiger partial charge in [0.15, 0.2) is 0 Å². The number of amides is 1. The Bertz CT molecular complexity index is 666. The Hall–Kier alpha value is -2.15. The summed E-state index contributed by atoms with van der Waals surface area (Å²) in [5.41, 5.74) is 7.15. The van der Waals surface area contributed by atoms with Gasteiger partial charge in [-0.25, -0.2) is 8.78 Å². The zero-order chi connectivity index (χ0) is 16.1. The number of rotatable bonds is 6. The fourth-order valence-corrected chi connectivity index (χ4v) is 2.23. The third-order valence-corrected chi connectivity index (χ3v) is 3.36. The second kappa shape index (κ2) is 7.22. The summed E-state index contributed by atoms with van der Waals surface area (Å²) >= 11 is 3.07. The summed E-state index contributed by atoms with van der Waals surface area (Å²) in [7, 11) is 0. The maximum Gasteiger partial charge on any atom is 0.272 e. The number of nitrogens with two attached hydrogens (primary N) is 1. The number of anilines is 1. The van der Waals surface area contributed by atoms with Crippen LogP contribution in [-0.4, -0.2) is 18.9 Å². The second-order valence-corrected chi connectivity index (χ2v) is 4.82. The molecule has 0 unspecified atom stereocenters. The zero-order valence-electron chi connectivity index (χ0n) is 11.4. The molecule has 0 aromatic heterocycles. The summed E-state index contributed by atoms with van der Waals surface area (Å²) in [6.07, 6.45) is -2.65. The van der Waals surface area contributed by atoms with Crippen LogP contribution in [-0.2, 0) is 0 Å². The van der Waals surface area contributed by atoms with Crippen molar-refractivity contribution in [3.8, 4) is 16.9 Å². The van der Waals surface area contributed by atoms with E-state index in [2.05, 4.69) is 20.5 Å². The summed E-state index contributed by atoms with van der Waals surface area (Å²) in [4.78, 5) is 11.6. The third-order valence-electron chi connectivity index (χ3n) is 2.90. The van der Waals surface area contributed by atoms with E-state index in [0.717, 1.165) is 5.56 Å². The smallest absolute Gasteiger partial charge is 0.272 e. The molecular formula is C15H13BrF2N2O2. The van der Waals surface area contributed by atoms with Crippen molar-refractivity contribution in [2.24, 2.45) is 5.73 Å². The van der Waals surface area contributed by atoms with Crippen molar-refractivity contribution < 1.29 is 18.3 Å². The van der Waals surface area contributed by atoms with Crippen molar-refractivity contribution in [3.63, 3.8) is 0 Å². The summed E-state index contributed by atoms with van der Waals surface area (Å²) in [6.45, 7) is -0.818. The van der Waals surface area contributed by atoms with Gasteiger partial charge in [-0.05, 0) is 17.7 Å². The van der Waals surface area contributed by atoms with Gasteiger partial charge in [0.2, 0.25) is 0 Å². The van der Waals surface area contributed by atoms with Crippen LogP contribution in [0.5, 0.6) is 5.75 Å². The van der Waals surface area contributed by atoms with Crippen molar-refractivity contribution in [3.05, 3.63) is 48.0 Å². The first-order valence-corrected chi connectivity index (χ1v) is 7.13. The van der Waals surface area contributed by atoms with Crippen LogP contribution in [0.1, 0.15) is 10.4 Å². The SMILES string of the molecule is NC(=O)c1cc(NBr)cc(-c2ccccc2)c1OCC(F)F. The highest BCUT2D eigenvalue weighted by Gasteiger charge is 2.19. The highest BCUT2D eigenvalue weighted by Crippen LogP contribution is 2.36. The Morgan fingerprint density at radius 2 is 1.95 bits per heavy atom. The lowest BCUT2D eigenvalue weighted by Gasteiger charge is -2.16. The van der Waals surface area contributed by atoms with E-state index in [-0.39, 0.29) is 11.3 Å². The van der Waals surface area contributed by atoms with Gasteiger partial charge < -0.3 is 14.8 Å². The zero-order valence-corrected chi connectivity index (χ0v) is 12.9. The Kier molecular flexibility index (Phi) is 5.32. The predicted molar refractivity (Wildman–Crippen MR) is 84.4 cm³/mol. The highest BCUT2D eigenvalue weighted by atomic mass is 79.9. The van der Waals surface area contributed by atoms with Crippen LogP contribution < -0.4 is 14.8 Å². The molecule has 4 nitrogen and oxygen atoms in total. The fraction of sp³-hybridized carbons (Fsp3) is 0.133. The average Bonchev–Trinajstić information content (AvgIpc) is 2.52. The fourth-order valence-electron chi connectivity index (χ4n) is 2.00. The number of halogens is 3. The highest BCUT2D eigenvalue weighted by molar-refractivity contribution is 9.10. The van der Waals surface area contributed by atoms with E-state index >= 15 is 0 Å². The molecule has 0 saturated carbocycles. The van der Waals surface area contributed by atoms with Gasteiger partial charge in [-0.15, -0.1) is 0 Å². The van der Waals surface area contributed by atoms with Crippen molar-refractivity contribution >= 4 is 27.7 Å². The van der Waals surface area contributed by atoms with E-state index in [1.54, 1.807) is 30.3 Å². The first-order valence-electron chi connectivity index (χ1n) is 6.33. The maximum atomic E-state index is 12.5. The predicted octanol–water partition coefficient (Wildman–Crippen LogP) is 3.82. The van der Waals surface area contributed by atoms with Gasteiger partial charge in [-0.1, -0.05) is 30.3 Å². The number of alkyl halides is 2. The molecule has 0 aliphatic heterocycles. The molecule has 22 heavy (non-hydrogen) atoms. The van der Waals surface area contributed by atoms with Crippen molar-refractivity contribution in [1.82, 2.24) is 0 Å². The molecule has 0 spiro atoms. The van der Waals surface area contributed by atoms with Crippen LogP contribution >= 0.6 is 16.1 Å². The van der Waals surface area contributed by atoms with Gasteiger partial charge in [0.25, 0.3) is 12.3 Å². The largest absolute Gasteiger partial charge is 0.486 e. The number of carbonyl (C=O) groups excluding carboxylic acids is 1. The summed E-state index contributed by atoms with van der Waals surface area (Å²) in [6, 6.07) is 12.1. The van der Waals surface area contributed by atoms with Crippen molar-refractivity contribution in [1.29, 1.82) is 0 Å². The molecule has 116 valence electrons. The lowest BCUT2D eigenvalue weighted by atomic mass is 10.00. The number of nitrogens with one attached hydrogen (secondary N) is 1. The Morgan fingerprint density at radius 1 is 1.27 bits per heavy atom. The van der Waals surface area contributed by atoms with Gasteiger partial charge in [0.05, 0.1) is 5.56 Å². The number of benzene rings is 2. The van der Waals surface area contributed by atoms with E-state index in [4.69, 9.17) is 10.5 Å². The monoisotopic (exact) mass is 370 g/mol. The molecule has 0 bridgehead atoms. The number of hydrogen-bond donors (Lipinski definition) is 2.